The third-order valence-electron chi connectivity index (χ3n) is 5.39. The summed E-state index contributed by atoms with van der Waals surface area (Å²) >= 11 is 6.41. The standard InChI is InChI=1S/C23H27ClF2O3S/c1-3-20-12-19(27)13-22(29-20)17-8-9-21(24)18(11-17)10-15-4-6-16(7-5-15)14-30(28)23(2,25)26/h4-9,11,19-20,22,27H,3,10,12-14H2,1-2H3. The zero-order chi connectivity index (χ0) is 21.9. The molecule has 1 heterocycles. The minimum atomic E-state index is -3.21. The van der Waals surface area contributed by atoms with Crippen LogP contribution in [0.2, 0.25) is 5.02 Å². The molecule has 0 radical (unpaired) electrons. The van der Waals surface area contributed by atoms with Gasteiger partial charge in [-0.2, -0.15) is 8.78 Å². The van der Waals surface area contributed by atoms with E-state index in [0.717, 1.165) is 23.1 Å². The first-order valence-corrected chi connectivity index (χ1v) is 11.8. The SMILES string of the molecule is CCC1CC(O)CC(c2ccc(Cl)c(Cc3ccc(CS(=O)C(C)(F)F)cc3)c2)O1. The average molecular weight is 457 g/mol. The second kappa shape index (κ2) is 9.86. The van der Waals surface area contributed by atoms with Gasteiger partial charge in [0.2, 0.25) is 0 Å². The van der Waals surface area contributed by atoms with Crippen molar-refractivity contribution in [2.75, 3.05) is 0 Å². The number of benzene rings is 2. The summed E-state index contributed by atoms with van der Waals surface area (Å²) < 4.78 is 44.0. The van der Waals surface area contributed by atoms with Crippen LogP contribution in [0.25, 0.3) is 0 Å². The number of rotatable bonds is 7. The van der Waals surface area contributed by atoms with Gasteiger partial charge < -0.3 is 9.84 Å². The number of aliphatic hydroxyl groups excluding tert-OH is 1. The Morgan fingerprint density at radius 2 is 1.83 bits per heavy atom. The van der Waals surface area contributed by atoms with E-state index >= 15 is 0 Å². The molecule has 0 aliphatic carbocycles. The van der Waals surface area contributed by atoms with Crippen LogP contribution in [-0.2, 0) is 27.7 Å². The Hall–Kier alpha value is -1.34. The summed E-state index contributed by atoms with van der Waals surface area (Å²) in [5.41, 5.74) is 3.50. The van der Waals surface area contributed by atoms with Crippen molar-refractivity contribution in [3.8, 4) is 0 Å². The third-order valence-corrected chi connectivity index (χ3v) is 7.15. The molecule has 1 aliphatic heterocycles. The molecular formula is C23H27ClF2O3S. The molecule has 0 aromatic heterocycles. The fraction of sp³-hybridized carbons (Fsp3) is 0.478. The van der Waals surface area contributed by atoms with Gasteiger partial charge >= 0.3 is 5.25 Å². The second-order valence-corrected chi connectivity index (χ2v) is 10.0. The van der Waals surface area contributed by atoms with Crippen LogP contribution in [-0.4, -0.2) is 26.8 Å². The van der Waals surface area contributed by atoms with Crippen LogP contribution in [0.5, 0.6) is 0 Å². The molecule has 3 rings (SSSR count). The van der Waals surface area contributed by atoms with Gasteiger partial charge in [-0.1, -0.05) is 54.9 Å². The van der Waals surface area contributed by atoms with Gasteiger partial charge in [0.15, 0.2) is 0 Å². The quantitative estimate of drug-likeness (QED) is 0.574. The molecule has 0 saturated carbocycles. The molecule has 4 atom stereocenters. The fourth-order valence-electron chi connectivity index (χ4n) is 3.65. The number of hydrogen-bond acceptors (Lipinski definition) is 3. The molecule has 2 aromatic rings. The van der Waals surface area contributed by atoms with Crippen molar-refractivity contribution in [1.29, 1.82) is 0 Å². The lowest BCUT2D eigenvalue weighted by molar-refractivity contribution is -0.0983. The highest BCUT2D eigenvalue weighted by Crippen LogP contribution is 2.34. The number of hydrogen-bond donors (Lipinski definition) is 1. The third kappa shape index (κ3) is 6.10. The zero-order valence-electron chi connectivity index (χ0n) is 17.1. The topological polar surface area (TPSA) is 46.5 Å². The van der Waals surface area contributed by atoms with E-state index in [1.165, 1.54) is 0 Å². The van der Waals surface area contributed by atoms with Gasteiger partial charge in [-0.3, -0.25) is 4.21 Å². The van der Waals surface area contributed by atoms with Crippen LogP contribution in [0.4, 0.5) is 8.78 Å². The average Bonchev–Trinajstić information content (AvgIpc) is 2.69. The summed E-state index contributed by atoms with van der Waals surface area (Å²) in [5.74, 6) is -0.181. The maximum atomic E-state index is 13.1. The summed E-state index contributed by atoms with van der Waals surface area (Å²) in [6.07, 6.45) is 2.16. The Labute approximate surface area is 183 Å². The van der Waals surface area contributed by atoms with Crippen molar-refractivity contribution < 1.29 is 22.8 Å². The van der Waals surface area contributed by atoms with Gasteiger partial charge in [0.05, 0.1) is 34.9 Å². The molecule has 0 amide bonds. The van der Waals surface area contributed by atoms with E-state index in [2.05, 4.69) is 0 Å². The number of alkyl halides is 2. The molecule has 7 heteroatoms. The van der Waals surface area contributed by atoms with Crippen LogP contribution >= 0.6 is 11.6 Å². The molecule has 4 unspecified atom stereocenters. The van der Waals surface area contributed by atoms with Gasteiger partial charge in [-0.05, 0) is 47.6 Å². The molecule has 1 saturated heterocycles. The van der Waals surface area contributed by atoms with Gasteiger partial charge in [0.1, 0.15) is 0 Å². The van der Waals surface area contributed by atoms with Crippen LogP contribution in [0.1, 0.15) is 61.5 Å². The normalized spacial score (nSPS) is 23.3. The fourth-order valence-corrected chi connectivity index (χ4v) is 4.58. The van der Waals surface area contributed by atoms with Crippen molar-refractivity contribution in [1.82, 2.24) is 0 Å². The second-order valence-electron chi connectivity index (χ2n) is 7.92. The van der Waals surface area contributed by atoms with Crippen LogP contribution < -0.4 is 0 Å². The lowest BCUT2D eigenvalue weighted by Crippen LogP contribution is -2.30. The van der Waals surface area contributed by atoms with E-state index in [-0.39, 0.29) is 24.1 Å². The maximum Gasteiger partial charge on any atom is 0.318 e. The number of aliphatic hydroxyl groups is 1. The predicted molar refractivity (Wildman–Crippen MR) is 116 cm³/mol. The van der Waals surface area contributed by atoms with E-state index in [9.17, 15) is 18.1 Å². The van der Waals surface area contributed by atoms with Crippen molar-refractivity contribution in [3.05, 3.63) is 69.7 Å². The van der Waals surface area contributed by atoms with Crippen LogP contribution in [0.3, 0.4) is 0 Å². The molecule has 0 spiro atoms. The minimum Gasteiger partial charge on any atom is -0.393 e. The van der Waals surface area contributed by atoms with Crippen LogP contribution in [0, 0.1) is 0 Å². The molecule has 1 fully saturated rings. The van der Waals surface area contributed by atoms with Gasteiger partial charge in [-0.15, -0.1) is 0 Å². The Balaban J connectivity index is 1.72. The predicted octanol–water partition coefficient (Wildman–Crippen LogP) is 5.78. The first-order valence-electron chi connectivity index (χ1n) is 10.1. The molecule has 1 aliphatic rings. The lowest BCUT2D eigenvalue weighted by atomic mass is 9.93. The van der Waals surface area contributed by atoms with E-state index in [1.807, 2.05) is 37.3 Å². The van der Waals surface area contributed by atoms with E-state index in [0.29, 0.717) is 36.8 Å². The largest absolute Gasteiger partial charge is 0.393 e. The van der Waals surface area contributed by atoms with Gasteiger partial charge in [0, 0.05) is 18.4 Å². The smallest absolute Gasteiger partial charge is 0.318 e. The van der Waals surface area contributed by atoms with Crippen molar-refractivity contribution in [2.45, 2.75) is 68.9 Å². The summed E-state index contributed by atoms with van der Waals surface area (Å²) in [4.78, 5) is 0. The van der Waals surface area contributed by atoms with E-state index in [1.54, 1.807) is 12.1 Å². The Bertz CT molecular complexity index is 883. The van der Waals surface area contributed by atoms with Gasteiger partial charge in [0.25, 0.3) is 0 Å². The Morgan fingerprint density at radius 3 is 2.47 bits per heavy atom. The molecule has 2 aromatic carbocycles. The molecule has 3 nitrogen and oxygen atoms in total. The zero-order valence-corrected chi connectivity index (χ0v) is 18.7. The van der Waals surface area contributed by atoms with E-state index in [4.69, 9.17) is 16.3 Å². The Morgan fingerprint density at radius 1 is 1.17 bits per heavy atom. The highest BCUT2D eigenvalue weighted by molar-refractivity contribution is 7.85. The maximum absolute atomic E-state index is 13.1. The monoisotopic (exact) mass is 456 g/mol. The van der Waals surface area contributed by atoms with Crippen molar-refractivity contribution in [3.63, 3.8) is 0 Å². The summed E-state index contributed by atoms with van der Waals surface area (Å²) in [7, 11) is -2.24. The molecular weight excluding hydrogens is 430 g/mol. The summed E-state index contributed by atoms with van der Waals surface area (Å²) in [5, 5.41) is 7.59. The number of halogens is 3. The van der Waals surface area contributed by atoms with Crippen LogP contribution in [0.15, 0.2) is 42.5 Å². The Kier molecular flexibility index (Phi) is 7.66. The first kappa shape index (κ1) is 23.3. The van der Waals surface area contributed by atoms with Crippen molar-refractivity contribution >= 4 is 22.4 Å². The highest BCUT2D eigenvalue weighted by atomic mass is 35.5. The molecule has 0 bridgehead atoms. The molecule has 164 valence electrons. The highest BCUT2D eigenvalue weighted by Gasteiger charge is 2.30. The van der Waals surface area contributed by atoms with Gasteiger partial charge in [-0.25, -0.2) is 0 Å². The molecule has 1 N–H and O–H groups in total. The first-order chi connectivity index (χ1) is 14.2. The summed E-state index contributed by atoms with van der Waals surface area (Å²) in [6.45, 7) is 2.72. The lowest BCUT2D eigenvalue weighted by Gasteiger charge is -2.33. The minimum absolute atomic E-state index is 0.0477. The molecule has 30 heavy (non-hydrogen) atoms. The number of ether oxygens (including phenoxy) is 1. The van der Waals surface area contributed by atoms with Crippen molar-refractivity contribution in [2.24, 2.45) is 0 Å². The summed E-state index contributed by atoms with van der Waals surface area (Å²) in [6, 6.07) is 12.9. The van der Waals surface area contributed by atoms with E-state index < -0.39 is 16.1 Å².